The Balaban J connectivity index is 3.03. The van der Waals surface area contributed by atoms with E-state index in [4.69, 9.17) is 5.73 Å². The Kier molecular flexibility index (Phi) is 7.74. The van der Waals surface area contributed by atoms with E-state index in [9.17, 15) is 5.11 Å². The van der Waals surface area contributed by atoms with Crippen LogP contribution in [-0.2, 0) is 0 Å². The van der Waals surface area contributed by atoms with Crippen molar-refractivity contribution in [2.24, 2.45) is 11.1 Å². The molecular weight excluding hydrogens is 282 g/mol. The van der Waals surface area contributed by atoms with E-state index in [0.29, 0.717) is 13.0 Å². The topological polar surface area (TPSA) is 46.2 Å². The van der Waals surface area contributed by atoms with Gasteiger partial charge in [-0.2, -0.15) is 0 Å². The summed E-state index contributed by atoms with van der Waals surface area (Å²) in [4.78, 5) is 0. The number of rotatable bonds is 7. The molecule has 0 aromatic carbocycles. The van der Waals surface area contributed by atoms with Gasteiger partial charge in [0.2, 0.25) is 0 Å². The van der Waals surface area contributed by atoms with E-state index in [2.05, 4.69) is 39.5 Å². The molecule has 0 spiro atoms. The fourth-order valence-electron chi connectivity index (χ4n) is 3.25. The van der Waals surface area contributed by atoms with Crippen molar-refractivity contribution in [2.45, 2.75) is 59.5 Å². The van der Waals surface area contributed by atoms with Crippen LogP contribution in [0.15, 0.2) is 59.3 Å². The maximum absolute atomic E-state index is 10.1. The molecular formula is C21H33NO. The molecule has 0 amide bonds. The van der Waals surface area contributed by atoms with Gasteiger partial charge in [-0.1, -0.05) is 50.3 Å². The van der Waals surface area contributed by atoms with Crippen molar-refractivity contribution in [1.82, 2.24) is 0 Å². The molecule has 2 heteroatoms. The number of aliphatic hydroxyl groups excluding tert-OH is 1. The second kappa shape index (κ2) is 9.05. The van der Waals surface area contributed by atoms with Gasteiger partial charge in [-0.25, -0.2) is 0 Å². The Hall–Kier alpha value is -1.38. The van der Waals surface area contributed by atoms with E-state index >= 15 is 0 Å². The summed E-state index contributed by atoms with van der Waals surface area (Å²) in [6, 6.07) is 0. The molecule has 1 aliphatic carbocycles. The Morgan fingerprint density at radius 1 is 1.43 bits per heavy atom. The van der Waals surface area contributed by atoms with Gasteiger partial charge >= 0.3 is 0 Å². The van der Waals surface area contributed by atoms with Crippen LogP contribution in [-0.4, -0.2) is 17.8 Å². The molecule has 23 heavy (non-hydrogen) atoms. The molecule has 0 bridgehead atoms. The van der Waals surface area contributed by atoms with Crippen molar-refractivity contribution < 1.29 is 5.11 Å². The van der Waals surface area contributed by atoms with Crippen LogP contribution in [0.5, 0.6) is 0 Å². The first-order valence-corrected chi connectivity index (χ1v) is 8.62. The smallest absolute Gasteiger partial charge is 0.0799 e. The first-order valence-electron chi connectivity index (χ1n) is 8.62. The molecule has 0 aliphatic heterocycles. The molecule has 3 N–H and O–H groups in total. The Labute approximate surface area is 142 Å². The fraction of sp³-hybridized carbons (Fsp3) is 0.524. The summed E-state index contributed by atoms with van der Waals surface area (Å²) in [5.74, 6) is 0. The van der Waals surface area contributed by atoms with Crippen molar-refractivity contribution in [3.05, 3.63) is 59.3 Å². The van der Waals surface area contributed by atoms with E-state index in [-0.39, 0.29) is 5.41 Å². The monoisotopic (exact) mass is 315 g/mol. The van der Waals surface area contributed by atoms with Gasteiger partial charge in [-0.05, 0) is 74.3 Å². The molecule has 0 saturated carbocycles. The number of hydrogen-bond donors (Lipinski definition) is 2. The molecule has 1 aliphatic rings. The predicted octanol–water partition coefficient (Wildman–Crippen LogP) is 4.84. The minimum atomic E-state index is -0.513. The molecule has 1 unspecified atom stereocenters. The normalized spacial score (nSPS) is 21.0. The molecule has 0 saturated heterocycles. The fourth-order valence-corrected chi connectivity index (χ4v) is 3.25. The van der Waals surface area contributed by atoms with Gasteiger partial charge in [-0.15, -0.1) is 0 Å². The lowest BCUT2D eigenvalue weighted by Gasteiger charge is -2.33. The summed E-state index contributed by atoms with van der Waals surface area (Å²) in [5, 5.41) is 10.1. The molecule has 1 atom stereocenters. The third-order valence-corrected chi connectivity index (χ3v) is 4.71. The van der Waals surface area contributed by atoms with Crippen LogP contribution in [0.25, 0.3) is 0 Å². The van der Waals surface area contributed by atoms with Crippen LogP contribution in [0.3, 0.4) is 0 Å². The first kappa shape index (κ1) is 19.7. The zero-order valence-electron chi connectivity index (χ0n) is 15.2. The van der Waals surface area contributed by atoms with Gasteiger partial charge in [-0.3, -0.25) is 0 Å². The summed E-state index contributed by atoms with van der Waals surface area (Å²) < 4.78 is 0. The van der Waals surface area contributed by atoms with Crippen molar-refractivity contribution >= 4 is 0 Å². The van der Waals surface area contributed by atoms with Gasteiger partial charge in [0.25, 0.3) is 0 Å². The Morgan fingerprint density at radius 3 is 2.65 bits per heavy atom. The van der Waals surface area contributed by atoms with Gasteiger partial charge in [0, 0.05) is 0 Å². The van der Waals surface area contributed by atoms with Crippen LogP contribution in [0.2, 0.25) is 0 Å². The maximum Gasteiger partial charge on any atom is 0.0799 e. The minimum Gasteiger partial charge on any atom is -0.388 e. The van der Waals surface area contributed by atoms with Gasteiger partial charge in [0.1, 0.15) is 0 Å². The third kappa shape index (κ3) is 5.63. The minimum absolute atomic E-state index is 0.230. The van der Waals surface area contributed by atoms with Crippen LogP contribution in [0, 0.1) is 5.41 Å². The van der Waals surface area contributed by atoms with E-state index in [0.717, 1.165) is 11.1 Å². The Bertz CT molecular complexity index is 532. The highest BCUT2D eigenvalue weighted by Crippen LogP contribution is 2.40. The summed E-state index contributed by atoms with van der Waals surface area (Å²) in [7, 11) is 0. The number of allylic oxidation sites excluding steroid dienone is 7. The quantitative estimate of drug-likeness (QED) is 0.660. The number of nitrogens with two attached hydrogens (primary N) is 1. The van der Waals surface area contributed by atoms with Gasteiger partial charge in [0.05, 0.1) is 6.10 Å². The highest BCUT2D eigenvalue weighted by Gasteiger charge is 2.26. The third-order valence-electron chi connectivity index (χ3n) is 4.71. The van der Waals surface area contributed by atoms with E-state index in [1.54, 1.807) is 0 Å². The lowest BCUT2D eigenvalue weighted by atomic mass is 9.72. The predicted molar refractivity (Wildman–Crippen MR) is 101 cm³/mol. The average molecular weight is 316 g/mol. The van der Waals surface area contributed by atoms with Crippen molar-refractivity contribution in [1.29, 1.82) is 0 Å². The molecule has 128 valence electrons. The first-order chi connectivity index (χ1) is 10.9. The zero-order chi connectivity index (χ0) is 17.5. The number of aliphatic hydroxyl groups is 1. The van der Waals surface area contributed by atoms with Crippen LogP contribution < -0.4 is 5.73 Å². The van der Waals surface area contributed by atoms with Gasteiger partial charge < -0.3 is 10.8 Å². The standard InChI is InChI=1S/C21H33NO/c1-6-17(15-18(7-2)20(23)12-14-22)10-11-19-16(3)9-8-13-21(19,4)5/h6-7,10-11,15,20,23H,1,8-9,12-14,22H2,2-5H3/b11-10+,17-15+,18-7+. The lowest BCUT2D eigenvalue weighted by molar-refractivity contribution is 0.206. The molecule has 0 fully saturated rings. The van der Waals surface area contributed by atoms with Gasteiger partial charge in [0.15, 0.2) is 0 Å². The summed E-state index contributed by atoms with van der Waals surface area (Å²) in [5.41, 5.74) is 10.6. The lowest BCUT2D eigenvalue weighted by Crippen LogP contribution is -2.19. The average Bonchev–Trinajstić information content (AvgIpc) is 2.49. The van der Waals surface area contributed by atoms with Crippen LogP contribution >= 0.6 is 0 Å². The zero-order valence-corrected chi connectivity index (χ0v) is 15.2. The van der Waals surface area contributed by atoms with Crippen LogP contribution in [0.4, 0.5) is 0 Å². The maximum atomic E-state index is 10.1. The summed E-state index contributed by atoms with van der Waals surface area (Å²) in [6.07, 6.45) is 13.8. The molecule has 0 radical (unpaired) electrons. The summed E-state index contributed by atoms with van der Waals surface area (Å²) in [6.45, 7) is 13.2. The SMILES string of the molecule is C=CC(/C=C/C1=C(C)CCCC1(C)C)=C\C(=C/C)C(O)CCN. The second-order valence-corrected chi connectivity index (χ2v) is 7.00. The molecule has 2 nitrogen and oxygen atoms in total. The highest BCUT2D eigenvalue weighted by atomic mass is 16.3. The molecule has 0 aromatic heterocycles. The van der Waals surface area contributed by atoms with Crippen LogP contribution in [0.1, 0.15) is 53.4 Å². The van der Waals surface area contributed by atoms with Crippen molar-refractivity contribution in [2.75, 3.05) is 6.54 Å². The van der Waals surface area contributed by atoms with E-state index < -0.39 is 6.10 Å². The van der Waals surface area contributed by atoms with Crippen molar-refractivity contribution in [3.63, 3.8) is 0 Å². The highest BCUT2D eigenvalue weighted by molar-refractivity contribution is 5.43. The van der Waals surface area contributed by atoms with E-state index in [1.165, 1.54) is 30.4 Å². The van der Waals surface area contributed by atoms with Crippen molar-refractivity contribution in [3.8, 4) is 0 Å². The molecule has 0 aromatic rings. The number of hydrogen-bond acceptors (Lipinski definition) is 2. The largest absolute Gasteiger partial charge is 0.388 e. The molecule has 0 heterocycles. The second-order valence-electron chi connectivity index (χ2n) is 7.00. The van der Waals surface area contributed by atoms with E-state index in [1.807, 2.05) is 25.2 Å². The molecule has 1 rings (SSSR count). The summed E-state index contributed by atoms with van der Waals surface area (Å²) >= 11 is 0. The Morgan fingerprint density at radius 2 is 2.13 bits per heavy atom.